The zero-order valence-electron chi connectivity index (χ0n) is 16.8. The molecule has 0 saturated heterocycles. The normalized spacial score (nSPS) is 11.0. The molecule has 0 aliphatic rings. The van der Waals surface area contributed by atoms with Crippen molar-refractivity contribution in [3.63, 3.8) is 0 Å². The topological polar surface area (TPSA) is 20.9 Å². The van der Waals surface area contributed by atoms with E-state index in [1.807, 2.05) is 24.5 Å². The molecule has 2 nitrogen and oxygen atoms in total. The zero-order valence-corrected chi connectivity index (χ0v) is 16.8. The van der Waals surface area contributed by atoms with Gasteiger partial charge in [0.25, 0.3) is 0 Å². The minimum absolute atomic E-state index is 0.142. The summed E-state index contributed by atoms with van der Waals surface area (Å²) < 4.78 is 2.19. The lowest BCUT2D eigenvalue weighted by molar-refractivity contribution is -0.697. The molecule has 0 N–H and O–H groups in total. The van der Waals surface area contributed by atoms with Gasteiger partial charge in [-0.15, -0.1) is 0 Å². The van der Waals surface area contributed by atoms with Gasteiger partial charge in [-0.2, -0.15) is 0 Å². The van der Waals surface area contributed by atoms with E-state index < -0.39 is 0 Å². The largest absolute Gasteiger partial charge is 0.295 e. The van der Waals surface area contributed by atoms with Crippen LogP contribution in [0.5, 0.6) is 0 Å². The van der Waals surface area contributed by atoms with Gasteiger partial charge in [-0.05, 0) is 13.3 Å². The van der Waals surface area contributed by atoms with E-state index in [-0.39, 0.29) is 5.78 Å². The Hall–Kier alpha value is -1.18. The van der Waals surface area contributed by atoms with Crippen molar-refractivity contribution in [2.24, 2.45) is 0 Å². The smallest absolute Gasteiger partial charge is 0.169 e. The first-order valence-electron chi connectivity index (χ1n) is 10.7. The minimum atomic E-state index is 0.142. The van der Waals surface area contributed by atoms with E-state index in [1.165, 1.54) is 89.9 Å². The summed E-state index contributed by atoms with van der Waals surface area (Å²) in [5.74, 6) is 0.142. The molecule has 1 heterocycles. The highest BCUT2D eigenvalue weighted by Gasteiger charge is 2.03. The van der Waals surface area contributed by atoms with E-state index in [9.17, 15) is 4.79 Å². The summed E-state index contributed by atoms with van der Waals surface area (Å²) in [5.41, 5.74) is 0.803. The Bertz CT molecular complexity index is 438. The number of carbonyl (C=O) groups excluding carboxylic acids is 1. The average Bonchev–Trinajstić information content (AvgIpc) is 2.62. The van der Waals surface area contributed by atoms with Crippen molar-refractivity contribution in [1.29, 1.82) is 0 Å². The number of pyridine rings is 1. The summed E-state index contributed by atoms with van der Waals surface area (Å²) in [6.45, 7) is 4.97. The maximum absolute atomic E-state index is 11.2. The predicted molar refractivity (Wildman–Crippen MR) is 107 cm³/mol. The summed E-state index contributed by atoms with van der Waals surface area (Å²) >= 11 is 0. The molecule has 0 aromatic carbocycles. The number of unbranched alkanes of at least 4 members (excludes halogenated alkanes) is 13. The van der Waals surface area contributed by atoms with Crippen molar-refractivity contribution in [2.75, 3.05) is 0 Å². The Morgan fingerprint density at radius 2 is 1.12 bits per heavy atom. The number of Topliss-reactive ketones (excluding diaryl/α,β-unsaturated/α-hetero) is 1. The minimum Gasteiger partial charge on any atom is -0.295 e. The molecule has 1 aromatic rings. The van der Waals surface area contributed by atoms with Crippen LogP contribution in [-0.4, -0.2) is 5.78 Å². The highest BCUT2D eigenvalue weighted by Crippen LogP contribution is 2.12. The molecular weight excluding hydrogens is 306 g/mol. The summed E-state index contributed by atoms with van der Waals surface area (Å²) in [7, 11) is 0. The van der Waals surface area contributed by atoms with Gasteiger partial charge in [-0.3, -0.25) is 4.79 Å². The van der Waals surface area contributed by atoms with Crippen molar-refractivity contribution >= 4 is 5.78 Å². The van der Waals surface area contributed by atoms with Crippen LogP contribution in [0.15, 0.2) is 24.5 Å². The molecular formula is C23H40NO+. The number of hydrogen-bond donors (Lipinski definition) is 0. The summed E-state index contributed by atoms with van der Waals surface area (Å²) in [6, 6.07) is 3.85. The molecule has 1 rings (SSSR count). The van der Waals surface area contributed by atoms with Crippen LogP contribution < -0.4 is 4.57 Å². The highest BCUT2D eigenvalue weighted by atomic mass is 16.1. The lowest BCUT2D eigenvalue weighted by Gasteiger charge is -2.03. The van der Waals surface area contributed by atoms with Gasteiger partial charge in [-0.25, -0.2) is 4.57 Å². The van der Waals surface area contributed by atoms with Gasteiger partial charge < -0.3 is 0 Å². The quantitative estimate of drug-likeness (QED) is 0.186. The van der Waals surface area contributed by atoms with Crippen LogP contribution >= 0.6 is 0 Å². The fourth-order valence-electron chi connectivity index (χ4n) is 3.33. The third-order valence-electron chi connectivity index (χ3n) is 5.07. The van der Waals surface area contributed by atoms with Crippen molar-refractivity contribution in [2.45, 2.75) is 110 Å². The van der Waals surface area contributed by atoms with Gasteiger partial charge in [0, 0.05) is 24.1 Å². The van der Waals surface area contributed by atoms with Gasteiger partial charge in [0.15, 0.2) is 18.2 Å². The molecule has 0 saturated carbocycles. The molecule has 0 spiro atoms. The second-order valence-electron chi connectivity index (χ2n) is 7.48. The Morgan fingerprint density at radius 1 is 0.720 bits per heavy atom. The van der Waals surface area contributed by atoms with Crippen LogP contribution in [0.1, 0.15) is 114 Å². The lowest BCUT2D eigenvalue weighted by Crippen LogP contribution is -2.32. The lowest BCUT2D eigenvalue weighted by atomic mass is 10.0. The number of aromatic nitrogens is 1. The number of carbonyl (C=O) groups is 1. The molecule has 1 aromatic heterocycles. The van der Waals surface area contributed by atoms with Gasteiger partial charge in [-0.1, -0.05) is 84.0 Å². The van der Waals surface area contributed by atoms with Crippen LogP contribution in [0.2, 0.25) is 0 Å². The van der Waals surface area contributed by atoms with Gasteiger partial charge in [0.2, 0.25) is 0 Å². The molecule has 142 valence electrons. The fourth-order valence-corrected chi connectivity index (χ4v) is 3.33. The van der Waals surface area contributed by atoms with Gasteiger partial charge in [0.05, 0.1) is 0 Å². The van der Waals surface area contributed by atoms with Crippen LogP contribution in [0.4, 0.5) is 0 Å². The van der Waals surface area contributed by atoms with Crippen LogP contribution in [0.3, 0.4) is 0 Å². The average molecular weight is 347 g/mol. The van der Waals surface area contributed by atoms with E-state index in [1.54, 1.807) is 6.92 Å². The Kier molecular flexibility index (Phi) is 13.2. The molecule has 0 aliphatic carbocycles. The molecule has 0 aliphatic heterocycles. The summed E-state index contributed by atoms with van der Waals surface area (Å²) in [4.78, 5) is 11.2. The monoisotopic (exact) mass is 346 g/mol. The second-order valence-corrected chi connectivity index (χ2v) is 7.48. The Balaban J connectivity index is 1.85. The van der Waals surface area contributed by atoms with Crippen molar-refractivity contribution in [3.05, 3.63) is 30.1 Å². The summed E-state index contributed by atoms with van der Waals surface area (Å²) in [5, 5.41) is 0. The van der Waals surface area contributed by atoms with Crippen molar-refractivity contribution < 1.29 is 9.36 Å². The first-order chi connectivity index (χ1) is 12.2. The molecule has 0 fully saturated rings. The van der Waals surface area contributed by atoms with E-state index in [0.717, 1.165) is 12.1 Å². The third kappa shape index (κ3) is 11.9. The number of aryl methyl sites for hydroxylation is 1. The maximum atomic E-state index is 11.2. The van der Waals surface area contributed by atoms with Gasteiger partial charge in [0.1, 0.15) is 6.54 Å². The number of nitrogens with zero attached hydrogens (tertiary/aromatic N) is 1. The number of hydrogen-bond acceptors (Lipinski definition) is 1. The molecule has 0 bridgehead atoms. The van der Waals surface area contributed by atoms with Crippen LogP contribution in [-0.2, 0) is 6.54 Å². The molecule has 0 amide bonds. The molecule has 2 heteroatoms. The molecule has 25 heavy (non-hydrogen) atoms. The van der Waals surface area contributed by atoms with Gasteiger partial charge >= 0.3 is 0 Å². The Morgan fingerprint density at radius 3 is 1.52 bits per heavy atom. The zero-order chi connectivity index (χ0) is 18.2. The highest BCUT2D eigenvalue weighted by molar-refractivity contribution is 5.93. The first-order valence-corrected chi connectivity index (χ1v) is 10.7. The van der Waals surface area contributed by atoms with Crippen molar-refractivity contribution in [1.82, 2.24) is 0 Å². The predicted octanol–water partition coefficient (Wildman–Crippen LogP) is 6.66. The second kappa shape index (κ2) is 15.1. The summed E-state index contributed by atoms with van der Waals surface area (Å²) in [6.07, 6.45) is 23.6. The fraction of sp³-hybridized carbons (Fsp3) is 0.739. The molecule has 0 atom stereocenters. The third-order valence-corrected chi connectivity index (χ3v) is 5.07. The van der Waals surface area contributed by atoms with E-state index >= 15 is 0 Å². The Labute approximate surface area is 156 Å². The standard InChI is InChI=1S/C23H40NO/c1-3-4-5-6-7-8-9-10-11-12-13-14-15-16-19-24-20-17-23(18-21-24)22(2)25/h17-18,20-21H,3-16,19H2,1-2H3/q+1. The number of rotatable bonds is 16. The molecule has 0 unspecified atom stereocenters. The maximum Gasteiger partial charge on any atom is 0.169 e. The van der Waals surface area contributed by atoms with Crippen LogP contribution in [0, 0.1) is 0 Å². The van der Waals surface area contributed by atoms with E-state index in [0.29, 0.717) is 0 Å². The molecule has 0 radical (unpaired) electrons. The van der Waals surface area contributed by atoms with Crippen molar-refractivity contribution in [3.8, 4) is 0 Å². The first kappa shape index (κ1) is 21.9. The van der Waals surface area contributed by atoms with E-state index in [4.69, 9.17) is 0 Å². The van der Waals surface area contributed by atoms with Crippen LogP contribution in [0.25, 0.3) is 0 Å². The van der Waals surface area contributed by atoms with E-state index in [2.05, 4.69) is 11.5 Å². The SMILES string of the molecule is CCCCCCCCCCCCCCCC[n+]1ccc(C(C)=O)cc1. The number of ketones is 1.